The third kappa shape index (κ3) is 2.02. The summed E-state index contributed by atoms with van der Waals surface area (Å²) in [7, 11) is 1.68. The van der Waals surface area contributed by atoms with E-state index in [0.717, 1.165) is 24.8 Å². The first-order chi connectivity index (χ1) is 12.6. The number of phenolic OH excluding ortho intramolecular Hbond substituents is 1. The predicted octanol–water partition coefficient (Wildman–Crippen LogP) is 5.24. The van der Waals surface area contributed by atoms with Crippen LogP contribution in [0.25, 0.3) is 0 Å². The summed E-state index contributed by atoms with van der Waals surface area (Å²) >= 11 is 6.03. The van der Waals surface area contributed by atoms with Gasteiger partial charge in [0, 0.05) is 24.5 Å². The van der Waals surface area contributed by atoms with E-state index in [1.165, 1.54) is 32.1 Å². The second kappa shape index (κ2) is 5.96. The van der Waals surface area contributed by atoms with E-state index in [2.05, 4.69) is 0 Å². The second-order valence-electron chi connectivity index (χ2n) is 8.17. The van der Waals surface area contributed by atoms with Gasteiger partial charge in [0.2, 0.25) is 0 Å². The number of aromatic hydroxyl groups is 1. The average molecular weight is 377 g/mol. The van der Waals surface area contributed by atoms with E-state index >= 15 is 0 Å². The van der Waals surface area contributed by atoms with Gasteiger partial charge in [0.05, 0.1) is 5.02 Å². The largest absolute Gasteiger partial charge is 0.506 e. The highest BCUT2D eigenvalue weighted by atomic mass is 35.5. The fourth-order valence-corrected chi connectivity index (χ4v) is 6.17. The van der Waals surface area contributed by atoms with Gasteiger partial charge in [0.15, 0.2) is 5.60 Å². The molecule has 26 heavy (non-hydrogen) atoms. The molecule has 1 aliphatic heterocycles. The average Bonchev–Trinajstić information content (AvgIpc) is 2.64. The normalized spacial score (nSPS) is 38.8. The van der Waals surface area contributed by atoms with Crippen molar-refractivity contribution in [2.24, 2.45) is 11.8 Å². The smallest absolute Gasteiger partial charge is 0.261 e. The molecule has 4 nitrogen and oxygen atoms in total. The van der Waals surface area contributed by atoms with E-state index in [4.69, 9.17) is 26.1 Å². The number of fused-ring (bicyclic) bond motifs is 1. The Labute approximate surface area is 159 Å². The molecule has 1 saturated carbocycles. The van der Waals surface area contributed by atoms with Gasteiger partial charge in [-0.25, -0.2) is 4.89 Å². The zero-order valence-corrected chi connectivity index (χ0v) is 15.8. The molecule has 3 aliphatic carbocycles. The molecule has 2 bridgehead atoms. The molecular weight excluding hydrogens is 352 g/mol. The highest BCUT2D eigenvalue weighted by Gasteiger charge is 2.75. The lowest BCUT2D eigenvalue weighted by Crippen LogP contribution is -2.74. The molecule has 4 atom stereocenters. The van der Waals surface area contributed by atoms with Crippen LogP contribution in [0, 0.1) is 11.8 Å². The number of benzene rings is 1. The molecule has 1 heterocycles. The first-order valence-electron chi connectivity index (χ1n) is 9.74. The minimum Gasteiger partial charge on any atom is -0.506 e. The number of halogens is 1. The maximum Gasteiger partial charge on any atom is 0.261 e. The molecule has 5 heteroatoms. The van der Waals surface area contributed by atoms with Crippen LogP contribution in [0.2, 0.25) is 5.02 Å². The number of phenols is 1. The molecule has 1 aromatic rings. The van der Waals surface area contributed by atoms with Crippen molar-refractivity contribution < 1.29 is 19.6 Å². The first kappa shape index (κ1) is 17.1. The number of methoxy groups -OCH3 is 1. The van der Waals surface area contributed by atoms with Crippen molar-refractivity contribution in [3.8, 4) is 5.75 Å². The molecule has 1 N–H and O–H groups in total. The number of allylic oxidation sites excluding steroid dienone is 1. The van der Waals surface area contributed by atoms with E-state index in [9.17, 15) is 5.11 Å². The van der Waals surface area contributed by atoms with Crippen LogP contribution in [-0.2, 0) is 20.3 Å². The van der Waals surface area contributed by atoms with Gasteiger partial charge in [0.25, 0.3) is 5.79 Å². The second-order valence-corrected chi connectivity index (χ2v) is 8.57. The summed E-state index contributed by atoms with van der Waals surface area (Å²) in [5.41, 5.74) is 3.53. The Morgan fingerprint density at radius 3 is 2.73 bits per heavy atom. The molecule has 1 spiro atoms. The zero-order valence-electron chi connectivity index (χ0n) is 15.1. The van der Waals surface area contributed by atoms with Crippen LogP contribution >= 0.6 is 11.6 Å². The quantitative estimate of drug-likeness (QED) is 0.566. The maximum absolute atomic E-state index is 10.2. The van der Waals surface area contributed by atoms with E-state index < -0.39 is 11.4 Å². The molecule has 1 saturated heterocycles. The van der Waals surface area contributed by atoms with Gasteiger partial charge in [-0.05, 0) is 57.1 Å². The van der Waals surface area contributed by atoms with Crippen LogP contribution in [-0.4, -0.2) is 17.8 Å². The van der Waals surface area contributed by atoms with Crippen LogP contribution in [0.5, 0.6) is 5.75 Å². The zero-order chi connectivity index (χ0) is 17.9. The topological polar surface area (TPSA) is 47.9 Å². The molecule has 4 unspecified atom stereocenters. The van der Waals surface area contributed by atoms with Gasteiger partial charge in [-0.1, -0.05) is 35.2 Å². The molecule has 2 fully saturated rings. The fourth-order valence-electron chi connectivity index (χ4n) is 6.05. The molecule has 4 aliphatic rings. The Morgan fingerprint density at radius 2 is 2.00 bits per heavy atom. The third-order valence-corrected chi connectivity index (χ3v) is 7.46. The number of rotatable bonds is 2. The number of hydrogen-bond acceptors (Lipinski definition) is 4. The van der Waals surface area contributed by atoms with Crippen molar-refractivity contribution >= 4 is 11.6 Å². The van der Waals surface area contributed by atoms with Crippen LogP contribution in [0.1, 0.15) is 56.9 Å². The number of hydrogen-bond donors (Lipinski definition) is 1. The number of ether oxygens (including phenoxy) is 1. The lowest BCUT2D eigenvalue weighted by molar-refractivity contribution is -0.639. The summed E-state index contributed by atoms with van der Waals surface area (Å²) in [4.78, 5) is 11.8. The lowest BCUT2D eigenvalue weighted by atomic mass is 9.53. The Kier molecular flexibility index (Phi) is 3.91. The Balaban J connectivity index is 1.65. The highest BCUT2D eigenvalue weighted by Crippen LogP contribution is 2.66. The summed E-state index contributed by atoms with van der Waals surface area (Å²) in [6.07, 6.45) is 9.53. The molecular formula is C21H25ClO4. The van der Waals surface area contributed by atoms with Gasteiger partial charge in [0.1, 0.15) is 5.75 Å². The van der Waals surface area contributed by atoms with Crippen molar-refractivity contribution in [1.29, 1.82) is 0 Å². The summed E-state index contributed by atoms with van der Waals surface area (Å²) < 4.78 is 6.04. The van der Waals surface area contributed by atoms with E-state index in [1.54, 1.807) is 30.4 Å². The van der Waals surface area contributed by atoms with Crippen LogP contribution < -0.4 is 0 Å². The van der Waals surface area contributed by atoms with E-state index in [1.807, 2.05) is 6.07 Å². The minimum atomic E-state index is -0.985. The van der Waals surface area contributed by atoms with Crippen LogP contribution in [0.15, 0.2) is 29.3 Å². The predicted molar refractivity (Wildman–Crippen MR) is 97.6 cm³/mol. The first-order valence-corrected chi connectivity index (χ1v) is 10.1. The molecule has 1 aromatic carbocycles. The maximum atomic E-state index is 10.2. The molecule has 140 valence electrons. The molecule has 5 rings (SSSR count). The van der Waals surface area contributed by atoms with Crippen molar-refractivity contribution in [2.75, 3.05) is 7.11 Å². The van der Waals surface area contributed by atoms with Crippen molar-refractivity contribution in [1.82, 2.24) is 0 Å². The van der Waals surface area contributed by atoms with E-state index in [-0.39, 0.29) is 5.75 Å². The summed E-state index contributed by atoms with van der Waals surface area (Å²) in [5, 5.41) is 10.5. The monoisotopic (exact) mass is 376 g/mol. The van der Waals surface area contributed by atoms with Crippen molar-refractivity contribution in [3.63, 3.8) is 0 Å². The standard InChI is InChI=1S/C21H25ClO4/c1-24-21(15-9-10-18(22)19(23)12-15)20(25-26-21)14-6-4-8-17(20)16-7-3-2-5-13(16)11-14/h9-10,12,14,17,23H,2-8,11H2,1H3. The summed E-state index contributed by atoms with van der Waals surface area (Å²) in [6, 6.07) is 5.25. The van der Waals surface area contributed by atoms with Gasteiger partial charge in [-0.15, -0.1) is 0 Å². The van der Waals surface area contributed by atoms with Gasteiger partial charge in [-0.2, -0.15) is 4.89 Å². The van der Waals surface area contributed by atoms with Crippen LogP contribution in [0.4, 0.5) is 0 Å². The molecule has 0 amide bonds. The van der Waals surface area contributed by atoms with Crippen LogP contribution in [0.3, 0.4) is 0 Å². The van der Waals surface area contributed by atoms with Gasteiger partial charge in [-0.3, -0.25) is 0 Å². The Hall–Kier alpha value is -1.07. The minimum absolute atomic E-state index is 0.0461. The fraction of sp³-hybridized carbons (Fsp3) is 0.619. The summed E-state index contributed by atoms with van der Waals surface area (Å²) in [6.45, 7) is 0. The molecule has 0 aromatic heterocycles. The van der Waals surface area contributed by atoms with E-state index in [0.29, 0.717) is 16.9 Å². The van der Waals surface area contributed by atoms with Gasteiger partial charge >= 0.3 is 0 Å². The third-order valence-electron chi connectivity index (χ3n) is 7.14. The Bertz CT molecular complexity index is 771. The summed E-state index contributed by atoms with van der Waals surface area (Å²) in [5.74, 6) is -0.230. The van der Waals surface area contributed by atoms with Gasteiger partial charge < -0.3 is 9.84 Å². The lowest BCUT2D eigenvalue weighted by Gasteiger charge is -2.65. The van der Waals surface area contributed by atoms with Crippen molar-refractivity contribution in [3.05, 3.63) is 39.9 Å². The Morgan fingerprint density at radius 1 is 1.15 bits per heavy atom. The van der Waals surface area contributed by atoms with Crippen molar-refractivity contribution in [2.45, 2.75) is 62.8 Å². The molecule has 0 radical (unpaired) electrons. The highest BCUT2D eigenvalue weighted by molar-refractivity contribution is 6.32. The SMILES string of the molecule is COC1(c2ccc(Cl)c(O)c2)OOC12C1CCCC2C2=C(CCCC2)C1.